The number of rotatable bonds is 3. The van der Waals surface area contributed by atoms with Crippen molar-refractivity contribution in [3.8, 4) is 5.75 Å². The van der Waals surface area contributed by atoms with E-state index in [1.165, 1.54) is 0 Å². The van der Waals surface area contributed by atoms with Crippen LogP contribution in [0.4, 0.5) is 13.2 Å². The predicted molar refractivity (Wildman–Crippen MR) is 81.7 cm³/mol. The highest BCUT2D eigenvalue weighted by molar-refractivity contribution is 7.99. The summed E-state index contributed by atoms with van der Waals surface area (Å²) in [6.45, 7) is 0. The third kappa shape index (κ3) is 3.39. The minimum Gasteiger partial charge on any atom is -0.497 e. The van der Waals surface area contributed by atoms with Gasteiger partial charge in [0.2, 0.25) is 5.82 Å². The molecule has 0 aliphatic carbocycles. The van der Waals surface area contributed by atoms with Crippen LogP contribution in [0.5, 0.6) is 5.75 Å². The van der Waals surface area contributed by atoms with Gasteiger partial charge in [-0.3, -0.25) is 0 Å². The van der Waals surface area contributed by atoms with Gasteiger partial charge in [-0.05, 0) is 30.3 Å². The van der Waals surface area contributed by atoms with Crippen molar-refractivity contribution in [3.05, 3.63) is 54.4 Å². The Balaban J connectivity index is 2.07. The predicted octanol–water partition coefficient (Wildman–Crippen LogP) is 4.81. The van der Waals surface area contributed by atoms with E-state index in [0.29, 0.717) is 11.1 Å². The van der Waals surface area contributed by atoms with Crippen LogP contribution in [0.3, 0.4) is 0 Å². The molecule has 23 heavy (non-hydrogen) atoms. The molecule has 0 saturated heterocycles. The van der Waals surface area contributed by atoms with Gasteiger partial charge in [-0.2, -0.15) is 13.2 Å². The van der Waals surface area contributed by atoms with E-state index < -0.39 is 12.0 Å². The van der Waals surface area contributed by atoms with Crippen LogP contribution in [-0.2, 0) is 6.18 Å². The number of nitrogens with zero attached hydrogens (tertiary/aromatic N) is 2. The minimum atomic E-state index is -4.58. The second-order valence-corrected chi connectivity index (χ2v) is 5.71. The molecule has 1 heterocycles. The Bertz CT molecular complexity index is 835. The molecule has 0 unspecified atom stereocenters. The number of methoxy groups -OCH3 is 1. The number of alkyl halides is 3. The number of para-hydroxylation sites is 1. The lowest BCUT2D eigenvalue weighted by Gasteiger charge is -2.10. The smallest absolute Gasteiger partial charge is 0.451 e. The van der Waals surface area contributed by atoms with Gasteiger partial charge in [0.25, 0.3) is 0 Å². The Morgan fingerprint density at radius 3 is 2.30 bits per heavy atom. The summed E-state index contributed by atoms with van der Waals surface area (Å²) in [5, 5.41) is 0.856. The van der Waals surface area contributed by atoms with Gasteiger partial charge in [0, 0.05) is 10.3 Å². The average Bonchev–Trinajstić information content (AvgIpc) is 2.54. The summed E-state index contributed by atoms with van der Waals surface area (Å²) < 4.78 is 44.0. The topological polar surface area (TPSA) is 35.0 Å². The fraction of sp³-hybridized carbons (Fsp3) is 0.125. The van der Waals surface area contributed by atoms with Crippen LogP contribution >= 0.6 is 11.8 Å². The van der Waals surface area contributed by atoms with Crippen molar-refractivity contribution in [2.45, 2.75) is 16.1 Å². The van der Waals surface area contributed by atoms with Gasteiger partial charge in [-0.25, -0.2) is 9.97 Å². The van der Waals surface area contributed by atoms with Crippen molar-refractivity contribution in [1.29, 1.82) is 0 Å². The number of hydrogen-bond donors (Lipinski definition) is 0. The molecule has 0 spiro atoms. The first kappa shape index (κ1) is 15.6. The second kappa shape index (κ2) is 6.08. The Hall–Kier alpha value is -2.28. The van der Waals surface area contributed by atoms with Gasteiger partial charge in [0.05, 0.1) is 12.6 Å². The van der Waals surface area contributed by atoms with E-state index in [9.17, 15) is 13.2 Å². The molecule has 0 aliphatic rings. The number of ether oxygens (including phenoxy) is 1. The van der Waals surface area contributed by atoms with E-state index in [4.69, 9.17) is 4.74 Å². The van der Waals surface area contributed by atoms with Gasteiger partial charge in [0.15, 0.2) is 0 Å². The van der Waals surface area contributed by atoms with Crippen LogP contribution in [0, 0.1) is 0 Å². The Morgan fingerprint density at radius 2 is 1.65 bits per heavy atom. The maximum atomic E-state index is 13.0. The molecule has 0 aliphatic heterocycles. The molecular formula is C16H11F3N2OS. The molecule has 3 aromatic rings. The number of aromatic nitrogens is 2. The van der Waals surface area contributed by atoms with Gasteiger partial charge in [-0.15, -0.1) is 0 Å². The zero-order chi connectivity index (χ0) is 16.4. The number of hydrogen-bond acceptors (Lipinski definition) is 4. The van der Waals surface area contributed by atoms with E-state index in [1.54, 1.807) is 55.6 Å². The zero-order valence-electron chi connectivity index (χ0n) is 12.0. The molecule has 3 nitrogen and oxygen atoms in total. The van der Waals surface area contributed by atoms with E-state index in [2.05, 4.69) is 9.97 Å². The van der Waals surface area contributed by atoms with E-state index in [0.717, 1.165) is 16.7 Å². The first-order valence-electron chi connectivity index (χ1n) is 6.63. The van der Waals surface area contributed by atoms with E-state index >= 15 is 0 Å². The fourth-order valence-corrected chi connectivity index (χ4v) is 2.92. The quantitative estimate of drug-likeness (QED) is 0.643. The molecular weight excluding hydrogens is 325 g/mol. The summed E-state index contributed by atoms with van der Waals surface area (Å²) in [5.41, 5.74) is 0.269. The largest absolute Gasteiger partial charge is 0.497 e. The summed E-state index contributed by atoms with van der Waals surface area (Å²) in [6.07, 6.45) is -4.58. The third-order valence-electron chi connectivity index (χ3n) is 3.10. The monoisotopic (exact) mass is 336 g/mol. The first-order chi connectivity index (χ1) is 11.0. The summed E-state index contributed by atoms with van der Waals surface area (Å²) >= 11 is 1.16. The highest BCUT2D eigenvalue weighted by Crippen LogP contribution is 2.35. The van der Waals surface area contributed by atoms with Crippen molar-refractivity contribution < 1.29 is 17.9 Å². The van der Waals surface area contributed by atoms with Crippen molar-refractivity contribution in [2.75, 3.05) is 7.11 Å². The molecule has 0 N–H and O–H groups in total. The lowest BCUT2D eigenvalue weighted by Crippen LogP contribution is -2.11. The number of halogens is 3. The van der Waals surface area contributed by atoms with Crippen molar-refractivity contribution in [3.63, 3.8) is 0 Å². The SMILES string of the molecule is COc1ccc(Sc2nc(C(F)(F)F)nc3ccccc23)cc1. The highest BCUT2D eigenvalue weighted by Gasteiger charge is 2.35. The molecule has 0 amide bonds. The van der Waals surface area contributed by atoms with Crippen molar-refractivity contribution >= 4 is 22.7 Å². The summed E-state index contributed by atoms with van der Waals surface area (Å²) in [5.74, 6) is -0.454. The molecule has 1 aromatic heterocycles. The summed E-state index contributed by atoms with van der Waals surface area (Å²) in [7, 11) is 1.55. The highest BCUT2D eigenvalue weighted by atomic mass is 32.2. The lowest BCUT2D eigenvalue weighted by molar-refractivity contribution is -0.145. The second-order valence-electron chi connectivity index (χ2n) is 4.64. The Kier molecular flexibility index (Phi) is 4.12. The maximum Gasteiger partial charge on any atom is 0.451 e. The average molecular weight is 336 g/mol. The van der Waals surface area contributed by atoms with Crippen LogP contribution in [-0.4, -0.2) is 17.1 Å². The third-order valence-corrected chi connectivity index (χ3v) is 4.11. The zero-order valence-corrected chi connectivity index (χ0v) is 12.8. The molecule has 0 fully saturated rings. The van der Waals surface area contributed by atoms with Crippen LogP contribution in [0.25, 0.3) is 10.9 Å². The standard InChI is InChI=1S/C16H11F3N2OS/c1-22-10-6-8-11(9-7-10)23-14-12-4-2-3-5-13(12)20-15(21-14)16(17,18)19/h2-9H,1H3. The maximum absolute atomic E-state index is 13.0. The molecule has 0 saturated carbocycles. The van der Waals surface area contributed by atoms with Gasteiger partial charge in [-0.1, -0.05) is 30.0 Å². The molecule has 3 rings (SSSR count). The molecule has 0 bridgehead atoms. The molecule has 2 aromatic carbocycles. The number of benzene rings is 2. The van der Waals surface area contributed by atoms with Gasteiger partial charge >= 0.3 is 6.18 Å². The summed E-state index contributed by atoms with van der Waals surface area (Å²) in [4.78, 5) is 8.08. The van der Waals surface area contributed by atoms with E-state index in [1.807, 2.05) is 0 Å². The molecule has 0 atom stereocenters. The van der Waals surface area contributed by atoms with Crippen LogP contribution < -0.4 is 4.74 Å². The molecule has 0 radical (unpaired) electrons. The molecule has 118 valence electrons. The van der Waals surface area contributed by atoms with E-state index in [-0.39, 0.29) is 10.5 Å². The van der Waals surface area contributed by atoms with Gasteiger partial charge < -0.3 is 4.74 Å². The molecule has 7 heteroatoms. The van der Waals surface area contributed by atoms with Crippen molar-refractivity contribution in [2.24, 2.45) is 0 Å². The van der Waals surface area contributed by atoms with Crippen molar-refractivity contribution in [1.82, 2.24) is 9.97 Å². The van der Waals surface area contributed by atoms with Crippen LogP contribution in [0.1, 0.15) is 5.82 Å². The fourth-order valence-electron chi connectivity index (χ4n) is 2.01. The van der Waals surface area contributed by atoms with Crippen LogP contribution in [0.2, 0.25) is 0 Å². The Morgan fingerprint density at radius 1 is 0.957 bits per heavy atom. The lowest BCUT2D eigenvalue weighted by atomic mass is 10.2. The van der Waals surface area contributed by atoms with Gasteiger partial charge in [0.1, 0.15) is 10.8 Å². The minimum absolute atomic E-state index is 0.269. The number of fused-ring (bicyclic) bond motifs is 1. The van der Waals surface area contributed by atoms with Crippen LogP contribution in [0.15, 0.2) is 58.5 Å². The Labute approximate surface area is 134 Å². The summed E-state index contributed by atoms with van der Waals surface area (Å²) in [6, 6.07) is 13.7. The normalized spacial score (nSPS) is 11.7. The first-order valence-corrected chi connectivity index (χ1v) is 7.45.